The molecule has 142 valence electrons. The van der Waals surface area contributed by atoms with Crippen molar-refractivity contribution in [1.29, 1.82) is 0 Å². The van der Waals surface area contributed by atoms with E-state index in [4.69, 9.17) is 21.4 Å². The van der Waals surface area contributed by atoms with Crippen molar-refractivity contribution in [2.75, 3.05) is 6.61 Å². The lowest BCUT2D eigenvalue weighted by Gasteiger charge is -2.14. The first-order chi connectivity index (χ1) is 13.0. The smallest absolute Gasteiger partial charge is 0.303 e. The molecule has 0 aromatic heterocycles. The summed E-state index contributed by atoms with van der Waals surface area (Å²) < 4.78 is 20.2. The molecule has 0 saturated heterocycles. The summed E-state index contributed by atoms with van der Waals surface area (Å²) in [4.78, 5) is 10.7. The van der Waals surface area contributed by atoms with Gasteiger partial charge in [0.05, 0.1) is 0 Å². The minimum atomic E-state index is -0.893. The quantitative estimate of drug-likeness (QED) is 0.649. The maximum atomic E-state index is 14.4. The predicted octanol–water partition coefficient (Wildman–Crippen LogP) is 5.82. The summed E-state index contributed by atoms with van der Waals surface area (Å²) in [6.45, 7) is 2.17. The zero-order valence-corrected chi connectivity index (χ0v) is 16.0. The van der Waals surface area contributed by atoms with Crippen LogP contribution in [0.3, 0.4) is 0 Å². The van der Waals surface area contributed by atoms with Gasteiger partial charge < -0.3 is 9.84 Å². The Balaban J connectivity index is 1.76. The third-order valence-electron chi connectivity index (χ3n) is 4.93. The van der Waals surface area contributed by atoms with Crippen molar-refractivity contribution in [3.05, 3.63) is 69.5 Å². The average molecular weight is 389 g/mol. The van der Waals surface area contributed by atoms with E-state index >= 15 is 0 Å². The monoisotopic (exact) mass is 388 g/mol. The summed E-state index contributed by atoms with van der Waals surface area (Å²) in [5.41, 5.74) is 4.89. The van der Waals surface area contributed by atoms with Crippen molar-refractivity contribution < 1.29 is 19.0 Å². The first kappa shape index (κ1) is 19.4. The number of ether oxygens (including phenoxy) is 1. The molecule has 3 nitrogen and oxygen atoms in total. The van der Waals surface area contributed by atoms with E-state index in [-0.39, 0.29) is 12.2 Å². The average Bonchev–Trinajstić information content (AvgIpc) is 3.09. The zero-order chi connectivity index (χ0) is 19.4. The maximum Gasteiger partial charge on any atom is 0.303 e. The van der Waals surface area contributed by atoms with Gasteiger partial charge in [-0.05, 0) is 78.6 Å². The van der Waals surface area contributed by atoms with Crippen LogP contribution in [0.2, 0.25) is 5.02 Å². The van der Waals surface area contributed by atoms with E-state index in [2.05, 4.69) is 0 Å². The Kier molecular flexibility index (Phi) is 6.17. The van der Waals surface area contributed by atoms with Crippen LogP contribution >= 0.6 is 11.6 Å². The second-order valence-corrected chi connectivity index (χ2v) is 7.21. The SMILES string of the molecule is Cc1cc(OCC2=C(c3ccccc3Cl)CCC2)c(F)cc1CCC(=O)O. The van der Waals surface area contributed by atoms with E-state index < -0.39 is 11.8 Å². The first-order valence-corrected chi connectivity index (χ1v) is 9.43. The van der Waals surface area contributed by atoms with Crippen molar-refractivity contribution >= 4 is 23.1 Å². The minimum Gasteiger partial charge on any atom is -0.486 e. The Hall–Kier alpha value is -2.33. The lowest BCUT2D eigenvalue weighted by atomic mass is 10.0. The highest BCUT2D eigenvalue weighted by molar-refractivity contribution is 6.32. The minimum absolute atomic E-state index is 0.0193. The molecule has 0 radical (unpaired) electrons. The molecule has 0 atom stereocenters. The molecule has 0 fully saturated rings. The molecule has 0 bridgehead atoms. The summed E-state index contributed by atoms with van der Waals surface area (Å²) in [6, 6.07) is 10.8. The highest BCUT2D eigenvalue weighted by Crippen LogP contribution is 2.37. The highest BCUT2D eigenvalue weighted by atomic mass is 35.5. The van der Waals surface area contributed by atoms with Crippen LogP contribution in [0.5, 0.6) is 5.75 Å². The third-order valence-corrected chi connectivity index (χ3v) is 5.26. The van der Waals surface area contributed by atoms with Crippen LogP contribution in [0.15, 0.2) is 42.0 Å². The number of allylic oxidation sites excluding steroid dienone is 1. The number of hydrogen-bond donors (Lipinski definition) is 1. The van der Waals surface area contributed by atoms with E-state index in [0.29, 0.717) is 18.6 Å². The summed E-state index contributed by atoms with van der Waals surface area (Å²) in [6.07, 6.45) is 3.18. The maximum absolute atomic E-state index is 14.4. The van der Waals surface area contributed by atoms with Crippen molar-refractivity contribution in [2.45, 2.75) is 39.0 Å². The molecule has 27 heavy (non-hydrogen) atoms. The number of hydrogen-bond acceptors (Lipinski definition) is 2. The molecule has 0 unspecified atom stereocenters. The summed E-state index contributed by atoms with van der Waals surface area (Å²) in [7, 11) is 0. The van der Waals surface area contributed by atoms with Gasteiger partial charge in [0, 0.05) is 11.4 Å². The number of carboxylic acid groups (broad SMARTS) is 1. The number of benzene rings is 2. The molecule has 0 spiro atoms. The third kappa shape index (κ3) is 4.69. The van der Waals surface area contributed by atoms with E-state index in [9.17, 15) is 9.18 Å². The molecule has 2 aromatic rings. The molecule has 0 saturated carbocycles. The molecule has 0 amide bonds. The van der Waals surface area contributed by atoms with Crippen LogP contribution < -0.4 is 4.74 Å². The Morgan fingerprint density at radius 2 is 2.04 bits per heavy atom. The first-order valence-electron chi connectivity index (χ1n) is 9.05. The Morgan fingerprint density at radius 1 is 1.26 bits per heavy atom. The molecule has 0 aliphatic heterocycles. The van der Waals surface area contributed by atoms with Crippen LogP contribution in [-0.4, -0.2) is 17.7 Å². The number of aryl methyl sites for hydroxylation is 2. The standard InChI is InChI=1S/C22H22ClFO3/c1-14-11-21(20(24)12-15(14)9-10-22(25)26)27-13-16-5-4-7-17(16)18-6-2-3-8-19(18)23/h2-3,6,8,11-12H,4-5,7,9-10,13H2,1H3,(H,25,26). The van der Waals surface area contributed by atoms with Gasteiger partial charge in [-0.1, -0.05) is 29.8 Å². The van der Waals surface area contributed by atoms with Crippen LogP contribution in [0.25, 0.3) is 5.57 Å². The van der Waals surface area contributed by atoms with Crippen LogP contribution in [0.1, 0.15) is 42.4 Å². The van der Waals surface area contributed by atoms with E-state index in [1.54, 1.807) is 6.07 Å². The van der Waals surface area contributed by atoms with Crippen LogP contribution in [-0.2, 0) is 11.2 Å². The number of halogens is 2. The fraction of sp³-hybridized carbons (Fsp3) is 0.318. The summed E-state index contributed by atoms with van der Waals surface area (Å²) >= 11 is 6.33. The van der Waals surface area contributed by atoms with Gasteiger partial charge in [-0.2, -0.15) is 0 Å². The van der Waals surface area contributed by atoms with E-state index in [0.717, 1.165) is 41.0 Å². The van der Waals surface area contributed by atoms with E-state index in [1.807, 2.05) is 31.2 Å². The lowest BCUT2D eigenvalue weighted by molar-refractivity contribution is -0.136. The summed E-state index contributed by atoms with van der Waals surface area (Å²) in [5.74, 6) is -1.15. The molecule has 1 aliphatic carbocycles. The second-order valence-electron chi connectivity index (χ2n) is 6.81. The second kappa shape index (κ2) is 8.57. The van der Waals surface area contributed by atoms with Gasteiger partial charge in [-0.3, -0.25) is 4.79 Å². The summed E-state index contributed by atoms with van der Waals surface area (Å²) in [5, 5.41) is 9.52. The molecular formula is C22H22ClFO3. The molecule has 5 heteroatoms. The van der Waals surface area contributed by atoms with Gasteiger partial charge in [-0.25, -0.2) is 4.39 Å². The normalized spacial score (nSPS) is 13.9. The number of carbonyl (C=O) groups is 1. The molecule has 2 aromatic carbocycles. The molecule has 0 heterocycles. The lowest BCUT2D eigenvalue weighted by Crippen LogP contribution is -2.05. The highest BCUT2D eigenvalue weighted by Gasteiger charge is 2.19. The Labute approximate surface area is 163 Å². The van der Waals surface area contributed by atoms with Crippen molar-refractivity contribution in [3.8, 4) is 5.75 Å². The van der Waals surface area contributed by atoms with Gasteiger partial charge in [0.15, 0.2) is 11.6 Å². The van der Waals surface area contributed by atoms with Crippen molar-refractivity contribution in [2.24, 2.45) is 0 Å². The molecule has 3 rings (SSSR count). The molecule has 1 aliphatic rings. The van der Waals surface area contributed by atoms with Crippen molar-refractivity contribution in [3.63, 3.8) is 0 Å². The van der Waals surface area contributed by atoms with Crippen LogP contribution in [0, 0.1) is 12.7 Å². The fourth-order valence-corrected chi connectivity index (χ4v) is 3.73. The number of aliphatic carboxylic acids is 1. The predicted molar refractivity (Wildman–Crippen MR) is 105 cm³/mol. The van der Waals surface area contributed by atoms with Crippen LogP contribution in [0.4, 0.5) is 4.39 Å². The molecular weight excluding hydrogens is 367 g/mol. The van der Waals surface area contributed by atoms with Gasteiger partial charge in [0.25, 0.3) is 0 Å². The molecule has 1 N–H and O–H groups in total. The Morgan fingerprint density at radius 3 is 2.78 bits per heavy atom. The van der Waals surface area contributed by atoms with Crippen molar-refractivity contribution in [1.82, 2.24) is 0 Å². The Bertz CT molecular complexity index is 889. The fourth-order valence-electron chi connectivity index (χ4n) is 3.48. The number of carboxylic acids is 1. The van der Waals surface area contributed by atoms with Gasteiger partial charge in [-0.15, -0.1) is 0 Å². The van der Waals surface area contributed by atoms with Gasteiger partial charge in [0.2, 0.25) is 0 Å². The largest absolute Gasteiger partial charge is 0.486 e. The zero-order valence-electron chi connectivity index (χ0n) is 15.2. The topological polar surface area (TPSA) is 46.5 Å². The number of rotatable bonds is 7. The van der Waals surface area contributed by atoms with E-state index in [1.165, 1.54) is 11.6 Å². The van der Waals surface area contributed by atoms with Gasteiger partial charge >= 0.3 is 5.97 Å². The van der Waals surface area contributed by atoms with Gasteiger partial charge in [0.1, 0.15) is 6.61 Å².